The molecule has 1 N–H and O–H groups in total. The Kier molecular flexibility index (Phi) is 3.48. The molecule has 0 aromatic heterocycles. The smallest absolute Gasteiger partial charge is 0.335 e. The van der Waals surface area contributed by atoms with E-state index in [2.05, 4.69) is 22.9 Å². The van der Waals surface area contributed by atoms with Crippen LogP contribution in [0.3, 0.4) is 0 Å². The Labute approximate surface area is 85.7 Å². The highest BCUT2D eigenvalue weighted by atomic mass is 79.9. The van der Waals surface area contributed by atoms with E-state index in [0.717, 1.165) is 22.9 Å². The second kappa shape index (κ2) is 4.42. The fourth-order valence-electron chi connectivity index (χ4n) is 1.21. The predicted octanol–water partition coefficient (Wildman–Crippen LogP) is 3.10. The summed E-state index contributed by atoms with van der Waals surface area (Å²) in [5.41, 5.74) is 1.41. The number of carboxylic acids is 1. The Morgan fingerprint density at radius 3 is 2.69 bits per heavy atom. The van der Waals surface area contributed by atoms with E-state index in [1.165, 1.54) is 0 Å². The van der Waals surface area contributed by atoms with Gasteiger partial charge in [0.1, 0.15) is 0 Å². The Balaban J connectivity index is 3.03. The normalized spacial score (nSPS) is 10.0. The third-order valence-electron chi connectivity index (χ3n) is 1.74. The molecule has 0 heterocycles. The molecule has 0 bridgehead atoms. The lowest BCUT2D eigenvalue weighted by Crippen LogP contribution is -1.97. The van der Waals surface area contributed by atoms with Crippen molar-refractivity contribution in [3.63, 3.8) is 0 Å². The first kappa shape index (κ1) is 10.3. The molecular weight excluding hydrogens is 232 g/mol. The Morgan fingerprint density at radius 1 is 1.46 bits per heavy atom. The van der Waals surface area contributed by atoms with Gasteiger partial charge in [0.05, 0.1) is 5.56 Å². The third kappa shape index (κ3) is 2.84. The molecule has 2 nitrogen and oxygen atoms in total. The average Bonchev–Trinajstić information content (AvgIpc) is 2.03. The second-order valence-corrected chi connectivity index (χ2v) is 3.82. The van der Waals surface area contributed by atoms with E-state index in [1.807, 2.05) is 6.07 Å². The van der Waals surface area contributed by atoms with E-state index in [-0.39, 0.29) is 0 Å². The van der Waals surface area contributed by atoms with Crippen LogP contribution in [-0.4, -0.2) is 11.1 Å². The van der Waals surface area contributed by atoms with Gasteiger partial charge in [0.15, 0.2) is 0 Å². The number of carbonyl (C=O) groups is 1. The predicted molar refractivity (Wildman–Crippen MR) is 55.1 cm³/mol. The maximum Gasteiger partial charge on any atom is 0.335 e. The SMILES string of the molecule is CCCc1cc(Br)cc(C(=O)O)c1. The quantitative estimate of drug-likeness (QED) is 0.885. The van der Waals surface area contributed by atoms with Crippen LogP contribution in [-0.2, 0) is 6.42 Å². The summed E-state index contributed by atoms with van der Waals surface area (Å²) in [5.74, 6) is -0.876. The van der Waals surface area contributed by atoms with Gasteiger partial charge in [0.2, 0.25) is 0 Å². The van der Waals surface area contributed by atoms with Crippen molar-refractivity contribution in [2.75, 3.05) is 0 Å². The summed E-state index contributed by atoms with van der Waals surface area (Å²) < 4.78 is 0.829. The fraction of sp³-hybridized carbons (Fsp3) is 0.300. The molecule has 70 valence electrons. The van der Waals surface area contributed by atoms with Crippen LogP contribution < -0.4 is 0 Å². The van der Waals surface area contributed by atoms with Gasteiger partial charge in [-0.15, -0.1) is 0 Å². The van der Waals surface area contributed by atoms with Gasteiger partial charge >= 0.3 is 5.97 Å². The molecule has 0 radical (unpaired) electrons. The summed E-state index contributed by atoms with van der Waals surface area (Å²) in [4.78, 5) is 10.7. The third-order valence-corrected chi connectivity index (χ3v) is 2.20. The van der Waals surface area contributed by atoms with Gasteiger partial charge in [0, 0.05) is 4.47 Å². The van der Waals surface area contributed by atoms with E-state index >= 15 is 0 Å². The van der Waals surface area contributed by atoms with Gasteiger partial charge in [-0.05, 0) is 30.2 Å². The van der Waals surface area contributed by atoms with E-state index in [4.69, 9.17) is 5.11 Å². The van der Waals surface area contributed by atoms with Crippen molar-refractivity contribution in [3.8, 4) is 0 Å². The highest BCUT2D eigenvalue weighted by Gasteiger charge is 2.04. The number of aromatic carboxylic acids is 1. The summed E-state index contributed by atoms with van der Waals surface area (Å²) in [6, 6.07) is 5.29. The maximum absolute atomic E-state index is 10.7. The van der Waals surface area contributed by atoms with Crippen LogP contribution in [0.15, 0.2) is 22.7 Å². The average molecular weight is 243 g/mol. The van der Waals surface area contributed by atoms with Gasteiger partial charge in [-0.3, -0.25) is 0 Å². The zero-order valence-electron chi connectivity index (χ0n) is 7.38. The summed E-state index contributed by atoms with van der Waals surface area (Å²) in [5, 5.41) is 8.78. The number of rotatable bonds is 3. The minimum Gasteiger partial charge on any atom is -0.478 e. The lowest BCUT2D eigenvalue weighted by Gasteiger charge is -2.02. The van der Waals surface area contributed by atoms with Crippen molar-refractivity contribution in [1.82, 2.24) is 0 Å². The Bertz CT molecular complexity index is 321. The van der Waals surface area contributed by atoms with Gasteiger partial charge < -0.3 is 5.11 Å². The lowest BCUT2D eigenvalue weighted by molar-refractivity contribution is 0.0696. The van der Waals surface area contributed by atoms with Crippen LogP contribution in [0.4, 0.5) is 0 Å². The molecule has 1 rings (SSSR count). The zero-order valence-corrected chi connectivity index (χ0v) is 8.97. The molecule has 3 heteroatoms. The molecule has 0 aliphatic heterocycles. The van der Waals surface area contributed by atoms with Crippen molar-refractivity contribution in [3.05, 3.63) is 33.8 Å². The number of halogens is 1. The molecule has 0 saturated carbocycles. The van der Waals surface area contributed by atoms with Gasteiger partial charge in [-0.2, -0.15) is 0 Å². The van der Waals surface area contributed by atoms with Crippen LogP contribution in [0.1, 0.15) is 29.3 Å². The molecule has 0 unspecified atom stereocenters. The van der Waals surface area contributed by atoms with Gasteiger partial charge in [0.25, 0.3) is 0 Å². The van der Waals surface area contributed by atoms with Crippen molar-refractivity contribution in [2.45, 2.75) is 19.8 Å². The Hall–Kier alpha value is -0.830. The molecule has 1 aromatic carbocycles. The topological polar surface area (TPSA) is 37.3 Å². The zero-order chi connectivity index (χ0) is 9.84. The molecule has 13 heavy (non-hydrogen) atoms. The fourth-order valence-corrected chi connectivity index (χ4v) is 1.75. The molecule has 0 amide bonds. The standard InChI is InChI=1S/C10H11BrO2/c1-2-3-7-4-8(10(12)13)6-9(11)5-7/h4-6H,2-3H2,1H3,(H,12,13). The Morgan fingerprint density at radius 2 is 2.15 bits per heavy atom. The molecule has 0 aliphatic rings. The van der Waals surface area contributed by atoms with E-state index < -0.39 is 5.97 Å². The van der Waals surface area contributed by atoms with Gasteiger partial charge in [-0.25, -0.2) is 4.79 Å². The molecular formula is C10H11BrO2. The first-order valence-electron chi connectivity index (χ1n) is 4.16. The van der Waals surface area contributed by atoms with E-state index in [0.29, 0.717) is 5.56 Å². The minimum absolute atomic E-state index is 0.345. The summed E-state index contributed by atoms with van der Waals surface area (Å²) in [6.07, 6.45) is 1.94. The highest BCUT2D eigenvalue weighted by molar-refractivity contribution is 9.10. The van der Waals surface area contributed by atoms with E-state index in [9.17, 15) is 4.79 Å². The molecule has 0 saturated heterocycles. The minimum atomic E-state index is -0.876. The monoisotopic (exact) mass is 242 g/mol. The number of carboxylic acid groups (broad SMARTS) is 1. The van der Waals surface area contributed by atoms with Crippen molar-refractivity contribution in [2.24, 2.45) is 0 Å². The molecule has 0 spiro atoms. The molecule has 0 fully saturated rings. The van der Waals surface area contributed by atoms with Crippen molar-refractivity contribution >= 4 is 21.9 Å². The van der Waals surface area contributed by atoms with Crippen LogP contribution in [0, 0.1) is 0 Å². The second-order valence-electron chi connectivity index (χ2n) is 2.90. The summed E-state index contributed by atoms with van der Waals surface area (Å²) >= 11 is 3.29. The number of hydrogen-bond donors (Lipinski definition) is 1. The van der Waals surface area contributed by atoms with Crippen LogP contribution >= 0.6 is 15.9 Å². The summed E-state index contributed by atoms with van der Waals surface area (Å²) in [7, 11) is 0. The largest absolute Gasteiger partial charge is 0.478 e. The molecule has 1 aromatic rings. The number of benzene rings is 1. The van der Waals surface area contributed by atoms with Gasteiger partial charge in [-0.1, -0.05) is 29.3 Å². The lowest BCUT2D eigenvalue weighted by atomic mass is 10.1. The van der Waals surface area contributed by atoms with Crippen LogP contribution in [0.25, 0.3) is 0 Å². The summed E-state index contributed by atoms with van der Waals surface area (Å²) in [6.45, 7) is 2.07. The molecule has 0 aliphatic carbocycles. The number of aryl methyl sites for hydroxylation is 1. The molecule has 0 atom stereocenters. The first-order valence-corrected chi connectivity index (χ1v) is 4.95. The number of hydrogen-bond acceptors (Lipinski definition) is 1. The first-order chi connectivity index (χ1) is 6.13. The van der Waals surface area contributed by atoms with Crippen LogP contribution in [0.2, 0.25) is 0 Å². The van der Waals surface area contributed by atoms with Crippen molar-refractivity contribution < 1.29 is 9.90 Å². The van der Waals surface area contributed by atoms with Crippen LogP contribution in [0.5, 0.6) is 0 Å². The van der Waals surface area contributed by atoms with E-state index in [1.54, 1.807) is 12.1 Å². The highest BCUT2D eigenvalue weighted by Crippen LogP contribution is 2.17. The van der Waals surface area contributed by atoms with Crippen molar-refractivity contribution in [1.29, 1.82) is 0 Å². The maximum atomic E-state index is 10.7.